The first kappa shape index (κ1) is 13.1. The van der Waals surface area contributed by atoms with E-state index in [0.717, 1.165) is 4.90 Å². The van der Waals surface area contributed by atoms with Crippen molar-refractivity contribution in [3.63, 3.8) is 0 Å². The quantitative estimate of drug-likeness (QED) is 0.466. The van der Waals surface area contributed by atoms with Crippen LogP contribution in [-0.4, -0.2) is 35.3 Å². The Labute approximate surface area is 110 Å². The number of ketones is 1. The molecule has 0 spiro atoms. The van der Waals surface area contributed by atoms with Gasteiger partial charge in [-0.25, -0.2) is 9.10 Å². The maximum Gasteiger partial charge on any atom is 0.332 e. The van der Waals surface area contributed by atoms with Crippen LogP contribution in [0.2, 0.25) is 0 Å². The molecule has 0 aliphatic carbocycles. The van der Waals surface area contributed by atoms with Crippen LogP contribution in [-0.2, 0) is 9.53 Å². The molecule has 0 N–H and O–H groups in total. The molecule has 0 aromatic heterocycles. The minimum absolute atomic E-state index is 0.197. The zero-order valence-electron chi connectivity index (χ0n) is 10.5. The zero-order chi connectivity index (χ0) is 13.3. The van der Waals surface area contributed by atoms with E-state index in [1.807, 2.05) is 12.1 Å². The largest absolute Gasteiger partial charge is 0.461 e. The second-order valence-corrected chi connectivity index (χ2v) is 5.58. The van der Waals surface area contributed by atoms with Gasteiger partial charge in [0.1, 0.15) is 0 Å². The predicted molar refractivity (Wildman–Crippen MR) is 69.4 cm³/mol. The first-order chi connectivity index (χ1) is 8.50. The molecule has 4 nitrogen and oxygen atoms in total. The van der Waals surface area contributed by atoms with Crippen molar-refractivity contribution in [2.24, 2.45) is 0 Å². The van der Waals surface area contributed by atoms with Gasteiger partial charge in [-0.1, -0.05) is 18.2 Å². The average Bonchev–Trinajstić information content (AvgIpc) is 2.27. The summed E-state index contributed by atoms with van der Waals surface area (Å²) in [6.07, 6.45) is -0.221. The topological polar surface area (TPSA) is 46.6 Å². The summed E-state index contributed by atoms with van der Waals surface area (Å²) in [6.45, 7) is 3.54. The molecule has 0 bridgehead atoms. The van der Waals surface area contributed by atoms with Gasteiger partial charge in [0.05, 0.1) is 6.10 Å². The fourth-order valence-electron chi connectivity index (χ4n) is 1.82. The summed E-state index contributed by atoms with van der Waals surface area (Å²) in [5, 5.41) is 0. The second-order valence-electron chi connectivity index (χ2n) is 4.39. The highest BCUT2D eigenvalue weighted by atomic mass is 32.2. The molecule has 0 saturated carbocycles. The number of Topliss-reactive ketones (excluding diaryl/α,β-unsaturated/α-hetero) is 1. The van der Waals surface area contributed by atoms with Gasteiger partial charge in [-0.2, -0.15) is 0 Å². The number of rotatable bonds is 2. The lowest BCUT2D eigenvalue weighted by Gasteiger charge is -2.30. The summed E-state index contributed by atoms with van der Waals surface area (Å²) in [5.74, 6) is -0.683. The fraction of sp³-hybridized carbons (Fsp3) is 0.385. The predicted octanol–water partition coefficient (Wildman–Crippen LogP) is 2.14. The molecule has 1 heterocycles. The Hall–Kier alpha value is -1.33. The number of esters is 1. The van der Waals surface area contributed by atoms with Crippen molar-refractivity contribution in [3.05, 3.63) is 29.8 Å². The third-order valence-electron chi connectivity index (χ3n) is 2.58. The van der Waals surface area contributed by atoms with Gasteiger partial charge in [0.15, 0.2) is 11.8 Å². The van der Waals surface area contributed by atoms with Crippen LogP contribution >= 0.6 is 11.9 Å². The van der Waals surface area contributed by atoms with Crippen LogP contribution in [0.15, 0.2) is 29.2 Å². The number of ether oxygens (including phenoxy) is 1. The number of fused-ring (bicyclic) bond motifs is 1. The number of carbonyl (C=O) groups is 2. The molecule has 0 saturated heterocycles. The molecule has 1 aliphatic heterocycles. The minimum Gasteiger partial charge on any atom is -0.461 e. The van der Waals surface area contributed by atoms with Crippen molar-refractivity contribution in [1.82, 2.24) is 4.31 Å². The first-order valence-corrected chi connectivity index (χ1v) is 6.52. The minimum atomic E-state index is -0.854. The summed E-state index contributed by atoms with van der Waals surface area (Å²) >= 11 is 1.39. The van der Waals surface area contributed by atoms with Crippen molar-refractivity contribution in [2.75, 3.05) is 7.05 Å². The van der Waals surface area contributed by atoms with Gasteiger partial charge in [0, 0.05) is 10.5 Å². The first-order valence-electron chi connectivity index (χ1n) is 5.75. The number of hydrogen-bond donors (Lipinski definition) is 0. The molecule has 1 atom stereocenters. The highest BCUT2D eigenvalue weighted by molar-refractivity contribution is 7.97. The van der Waals surface area contributed by atoms with E-state index in [9.17, 15) is 9.59 Å². The van der Waals surface area contributed by atoms with E-state index in [4.69, 9.17) is 4.74 Å². The molecule has 18 heavy (non-hydrogen) atoms. The lowest BCUT2D eigenvalue weighted by atomic mass is 10.0. The second kappa shape index (κ2) is 5.12. The van der Waals surface area contributed by atoms with Crippen molar-refractivity contribution in [2.45, 2.75) is 30.9 Å². The van der Waals surface area contributed by atoms with Crippen molar-refractivity contribution in [1.29, 1.82) is 0 Å². The highest BCUT2D eigenvalue weighted by Gasteiger charge is 2.38. The van der Waals surface area contributed by atoms with Crippen molar-refractivity contribution < 1.29 is 14.3 Å². The van der Waals surface area contributed by atoms with Gasteiger partial charge in [0.25, 0.3) is 0 Å². The molecule has 0 amide bonds. The number of carbonyl (C=O) groups excluding carboxylic acids is 2. The Morgan fingerprint density at radius 1 is 1.39 bits per heavy atom. The van der Waals surface area contributed by atoms with E-state index in [1.165, 1.54) is 11.9 Å². The van der Waals surface area contributed by atoms with E-state index >= 15 is 0 Å². The number of likely N-dealkylation sites (N-methyl/N-ethyl adjacent to an activating group) is 1. The van der Waals surface area contributed by atoms with E-state index in [2.05, 4.69) is 0 Å². The Balaban J connectivity index is 2.29. The Bertz CT molecular complexity index is 487. The summed E-state index contributed by atoms with van der Waals surface area (Å²) in [6, 6.07) is 6.44. The Morgan fingerprint density at radius 2 is 2.06 bits per heavy atom. The normalized spacial score (nSPS) is 19.8. The molecule has 96 valence electrons. The average molecular weight is 265 g/mol. The van der Waals surface area contributed by atoms with Gasteiger partial charge < -0.3 is 4.74 Å². The summed E-state index contributed by atoms with van der Waals surface area (Å²) in [5.41, 5.74) is 0.589. The van der Waals surface area contributed by atoms with Gasteiger partial charge >= 0.3 is 5.97 Å². The number of hydrogen-bond acceptors (Lipinski definition) is 5. The number of nitrogens with zero attached hydrogens (tertiary/aromatic N) is 1. The zero-order valence-corrected chi connectivity index (χ0v) is 11.4. The third-order valence-corrected chi connectivity index (χ3v) is 3.63. The molecular weight excluding hydrogens is 250 g/mol. The fourth-order valence-corrected chi connectivity index (χ4v) is 2.83. The van der Waals surface area contributed by atoms with Crippen LogP contribution in [0, 0.1) is 0 Å². The van der Waals surface area contributed by atoms with E-state index in [1.54, 1.807) is 37.3 Å². The van der Waals surface area contributed by atoms with Crippen LogP contribution in [0.25, 0.3) is 0 Å². The van der Waals surface area contributed by atoms with Gasteiger partial charge in [0.2, 0.25) is 0 Å². The van der Waals surface area contributed by atoms with Crippen molar-refractivity contribution >= 4 is 23.7 Å². The van der Waals surface area contributed by atoms with Gasteiger partial charge in [-0.15, -0.1) is 0 Å². The van der Waals surface area contributed by atoms with Crippen LogP contribution in [0.4, 0.5) is 0 Å². The summed E-state index contributed by atoms with van der Waals surface area (Å²) in [4.78, 5) is 25.1. The van der Waals surface area contributed by atoms with Gasteiger partial charge in [-0.05, 0) is 38.9 Å². The Kier molecular flexibility index (Phi) is 3.73. The van der Waals surface area contributed by atoms with E-state index in [0.29, 0.717) is 5.56 Å². The molecular formula is C13H15NO3S. The highest BCUT2D eigenvalue weighted by Crippen LogP contribution is 2.34. The molecule has 1 aromatic rings. The van der Waals surface area contributed by atoms with Crippen LogP contribution < -0.4 is 0 Å². The maximum absolute atomic E-state index is 12.3. The maximum atomic E-state index is 12.3. The molecule has 0 fully saturated rings. The van der Waals surface area contributed by atoms with E-state index < -0.39 is 12.0 Å². The summed E-state index contributed by atoms with van der Waals surface area (Å²) < 4.78 is 6.78. The lowest BCUT2D eigenvalue weighted by molar-refractivity contribution is -0.149. The van der Waals surface area contributed by atoms with Crippen LogP contribution in [0.3, 0.4) is 0 Å². The Morgan fingerprint density at radius 3 is 2.72 bits per heavy atom. The van der Waals surface area contributed by atoms with Crippen LogP contribution in [0.5, 0.6) is 0 Å². The monoisotopic (exact) mass is 265 g/mol. The molecule has 5 heteroatoms. The van der Waals surface area contributed by atoms with Crippen molar-refractivity contribution in [3.8, 4) is 0 Å². The van der Waals surface area contributed by atoms with E-state index in [-0.39, 0.29) is 11.9 Å². The SMILES string of the molecule is CC(C)OC(=O)C1C(=O)c2ccccc2SN1C. The molecule has 1 aliphatic rings. The standard InChI is InChI=1S/C13H15NO3S/c1-8(2)17-13(16)11-12(15)9-6-4-5-7-10(9)18-14(11)3/h4-8,11H,1-3H3. The van der Waals surface area contributed by atoms with Gasteiger partial charge in [-0.3, -0.25) is 4.79 Å². The lowest BCUT2D eigenvalue weighted by Crippen LogP contribution is -2.45. The number of benzene rings is 1. The third kappa shape index (κ3) is 2.42. The molecule has 2 rings (SSSR count). The van der Waals surface area contributed by atoms with Crippen LogP contribution in [0.1, 0.15) is 24.2 Å². The smallest absolute Gasteiger partial charge is 0.332 e. The molecule has 0 radical (unpaired) electrons. The molecule has 1 unspecified atom stereocenters. The molecule has 1 aromatic carbocycles. The summed E-state index contributed by atoms with van der Waals surface area (Å²) in [7, 11) is 1.73.